The molecule has 2 nitrogen and oxygen atoms in total. The van der Waals surface area contributed by atoms with E-state index in [1.54, 1.807) is 11.9 Å². The van der Waals surface area contributed by atoms with E-state index in [4.69, 9.17) is 11.6 Å². The zero-order valence-corrected chi connectivity index (χ0v) is 11.6. The Morgan fingerprint density at radius 2 is 2.00 bits per heavy atom. The van der Waals surface area contributed by atoms with Gasteiger partial charge in [0.15, 0.2) is 0 Å². The maximum absolute atomic E-state index is 11.9. The second-order valence-electron chi connectivity index (χ2n) is 3.43. The highest BCUT2D eigenvalue weighted by molar-refractivity contribution is 14.1. The van der Waals surface area contributed by atoms with E-state index in [1.165, 1.54) is 0 Å². The van der Waals surface area contributed by atoms with Crippen LogP contribution < -0.4 is 0 Å². The number of hydrogen-bond donors (Lipinski definition) is 0. The third kappa shape index (κ3) is 3.34. The molecule has 1 aromatic carbocycles. The van der Waals surface area contributed by atoms with E-state index in [1.807, 2.05) is 31.2 Å². The van der Waals surface area contributed by atoms with E-state index in [2.05, 4.69) is 22.6 Å². The first-order chi connectivity index (χ1) is 7.06. The van der Waals surface area contributed by atoms with Crippen molar-refractivity contribution in [3.05, 3.63) is 33.4 Å². The van der Waals surface area contributed by atoms with Gasteiger partial charge in [0.25, 0.3) is 5.91 Å². The Labute approximate surface area is 109 Å². The summed E-state index contributed by atoms with van der Waals surface area (Å²) in [5, 5.41) is 0. The first kappa shape index (κ1) is 12.8. The number of rotatable bonds is 3. The molecule has 0 heterocycles. The Balaban J connectivity index is 2.80. The van der Waals surface area contributed by atoms with Crippen LogP contribution in [0.1, 0.15) is 17.3 Å². The highest BCUT2D eigenvalue weighted by Gasteiger charge is 2.16. The lowest BCUT2D eigenvalue weighted by atomic mass is 10.2. The molecule has 15 heavy (non-hydrogen) atoms. The summed E-state index contributed by atoms with van der Waals surface area (Å²) in [4.78, 5) is 13.6. The molecule has 0 saturated carbocycles. The number of alkyl halides is 1. The van der Waals surface area contributed by atoms with Crippen molar-refractivity contribution in [3.63, 3.8) is 0 Å². The third-order valence-electron chi connectivity index (χ3n) is 2.30. The number of nitrogens with zero attached hydrogens (tertiary/aromatic N) is 1. The van der Waals surface area contributed by atoms with Crippen LogP contribution in [0.2, 0.25) is 0 Å². The summed E-state index contributed by atoms with van der Waals surface area (Å²) < 4.78 is 1.12. The maximum atomic E-state index is 11.9. The van der Waals surface area contributed by atoms with E-state index in [0.29, 0.717) is 11.4 Å². The van der Waals surface area contributed by atoms with Gasteiger partial charge in [-0.3, -0.25) is 4.79 Å². The summed E-state index contributed by atoms with van der Waals surface area (Å²) in [6.07, 6.45) is 0. The normalized spacial score (nSPS) is 12.3. The van der Waals surface area contributed by atoms with Crippen molar-refractivity contribution in [1.82, 2.24) is 4.90 Å². The standard InChI is InChI=1S/C11H13ClINO/c1-8(7-12)14(2)11(15)9-3-5-10(13)6-4-9/h3-6,8H,7H2,1-2H3. The number of halogens is 2. The van der Waals surface area contributed by atoms with Crippen molar-refractivity contribution in [2.75, 3.05) is 12.9 Å². The van der Waals surface area contributed by atoms with E-state index in [9.17, 15) is 4.79 Å². The zero-order valence-electron chi connectivity index (χ0n) is 8.71. The molecule has 0 aromatic heterocycles. The topological polar surface area (TPSA) is 20.3 Å². The maximum Gasteiger partial charge on any atom is 0.253 e. The second kappa shape index (κ2) is 5.70. The van der Waals surface area contributed by atoms with Gasteiger partial charge in [-0.15, -0.1) is 11.6 Å². The van der Waals surface area contributed by atoms with Crippen LogP contribution in [0.3, 0.4) is 0 Å². The van der Waals surface area contributed by atoms with Crippen molar-refractivity contribution in [3.8, 4) is 0 Å². The number of carbonyl (C=O) groups excluding carboxylic acids is 1. The summed E-state index contributed by atoms with van der Waals surface area (Å²) in [5.74, 6) is 0.464. The molecule has 0 aliphatic heterocycles. The number of amides is 1. The molecule has 0 spiro atoms. The van der Waals surface area contributed by atoms with Gasteiger partial charge in [-0.2, -0.15) is 0 Å². The Morgan fingerprint density at radius 3 is 2.47 bits per heavy atom. The smallest absolute Gasteiger partial charge is 0.253 e. The van der Waals surface area contributed by atoms with E-state index in [0.717, 1.165) is 3.57 Å². The van der Waals surface area contributed by atoms with Gasteiger partial charge in [0.2, 0.25) is 0 Å². The minimum atomic E-state index is 0.0135. The van der Waals surface area contributed by atoms with Gasteiger partial charge in [0.05, 0.1) is 0 Å². The van der Waals surface area contributed by atoms with Gasteiger partial charge in [-0.25, -0.2) is 0 Å². The highest BCUT2D eigenvalue weighted by atomic mass is 127. The molecule has 0 radical (unpaired) electrons. The molecule has 1 amide bonds. The van der Waals surface area contributed by atoms with Gasteiger partial charge >= 0.3 is 0 Å². The fraction of sp³-hybridized carbons (Fsp3) is 0.364. The van der Waals surface area contributed by atoms with Crippen molar-refractivity contribution in [2.45, 2.75) is 13.0 Å². The summed E-state index contributed by atoms with van der Waals surface area (Å²) in [6, 6.07) is 7.57. The molecule has 0 aliphatic carbocycles. The first-order valence-corrected chi connectivity index (χ1v) is 6.26. The Morgan fingerprint density at radius 1 is 1.47 bits per heavy atom. The van der Waals surface area contributed by atoms with Crippen molar-refractivity contribution in [2.24, 2.45) is 0 Å². The quantitative estimate of drug-likeness (QED) is 0.613. The molecular weight excluding hydrogens is 324 g/mol. The lowest BCUT2D eigenvalue weighted by molar-refractivity contribution is 0.0756. The average Bonchev–Trinajstić information content (AvgIpc) is 2.27. The van der Waals surface area contributed by atoms with Crippen LogP contribution in [-0.2, 0) is 0 Å². The highest BCUT2D eigenvalue weighted by Crippen LogP contribution is 2.10. The van der Waals surface area contributed by atoms with Crippen LogP contribution in [0, 0.1) is 3.57 Å². The Hall–Kier alpha value is -0.290. The lowest BCUT2D eigenvalue weighted by Crippen LogP contribution is -2.36. The molecule has 0 bridgehead atoms. The van der Waals surface area contributed by atoms with Crippen molar-refractivity contribution >= 4 is 40.1 Å². The summed E-state index contributed by atoms with van der Waals surface area (Å²) in [7, 11) is 1.77. The molecule has 0 N–H and O–H groups in total. The molecule has 0 aliphatic rings. The molecular formula is C11H13ClINO. The Bertz CT molecular complexity index is 339. The first-order valence-electron chi connectivity index (χ1n) is 4.65. The molecule has 1 rings (SSSR count). The Kier molecular flexibility index (Phi) is 4.86. The predicted octanol–water partition coefficient (Wildman–Crippen LogP) is 2.99. The predicted molar refractivity (Wildman–Crippen MR) is 71.4 cm³/mol. The fourth-order valence-corrected chi connectivity index (χ4v) is 1.67. The molecule has 82 valence electrons. The molecule has 4 heteroatoms. The average molecular weight is 338 g/mol. The van der Waals surface area contributed by atoms with Gasteiger partial charge in [-0.1, -0.05) is 0 Å². The van der Waals surface area contributed by atoms with Crippen LogP contribution in [0.4, 0.5) is 0 Å². The molecule has 1 atom stereocenters. The lowest BCUT2D eigenvalue weighted by Gasteiger charge is -2.23. The van der Waals surface area contributed by atoms with Crippen LogP contribution >= 0.6 is 34.2 Å². The molecule has 0 fully saturated rings. The van der Waals surface area contributed by atoms with Gasteiger partial charge in [0, 0.05) is 28.1 Å². The van der Waals surface area contributed by atoms with Gasteiger partial charge in [0.1, 0.15) is 0 Å². The van der Waals surface area contributed by atoms with Crippen LogP contribution in [0.25, 0.3) is 0 Å². The van der Waals surface area contributed by atoms with Crippen molar-refractivity contribution in [1.29, 1.82) is 0 Å². The number of hydrogen-bond acceptors (Lipinski definition) is 1. The minimum Gasteiger partial charge on any atom is -0.338 e. The van der Waals surface area contributed by atoms with E-state index < -0.39 is 0 Å². The zero-order chi connectivity index (χ0) is 11.4. The van der Waals surface area contributed by atoms with Gasteiger partial charge in [-0.05, 0) is 53.8 Å². The summed E-state index contributed by atoms with van der Waals surface area (Å²) >= 11 is 7.92. The monoisotopic (exact) mass is 337 g/mol. The SMILES string of the molecule is CC(CCl)N(C)C(=O)c1ccc(I)cc1. The molecule has 0 saturated heterocycles. The summed E-state index contributed by atoms with van der Waals surface area (Å²) in [6.45, 7) is 1.93. The number of benzene rings is 1. The van der Waals surface area contributed by atoms with Crippen molar-refractivity contribution < 1.29 is 4.79 Å². The second-order valence-corrected chi connectivity index (χ2v) is 4.98. The van der Waals surface area contributed by atoms with Crippen LogP contribution in [0.5, 0.6) is 0 Å². The minimum absolute atomic E-state index is 0.0135. The number of carbonyl (C=O) groups is 1. The largest absolute Gasteiger partial charge is 0.338 e. The third-order valence-corrected chi connectivity index (χ3v) is 3.46. The fourth-order valence-electron chi connectivity index (χ4n) is 1.10. The van der Waals surface area contributed by atoms with Crippen LogP contribution in [0.15, 0.2) is 24.3 Å². The molecule has 1 unspecified atom stereocenters. The summed E-state index contributed by atoms with van der Waals surface area (Å²) in [5.41, 5.74) is 0.704. The van der Waals surface area contributed by atoms with E-state index in [-0.39, 0.29) is 11.9 Å². The van der Waals surface area contributed by atoms with E-state index >= 15 is 0 Å². The van der Waals surface area contributed by atoms with Crippen LogP contribution in [-0.4, -0.2) is 29.8 Å². The molecule has 1 aromatic rings. The van der Waals surface area contributed by atoms with Gasteiger partial charge < -0.3 is 4.90 Å².